The van der Waals surface area contributed by atoms with Crippen molar-refractivity contribution >= 4 is 82.8 Å². The number of rotatable bonds is 28. The number of primary amides is 2. The minimum Gasteiger partial charge on any atom is -0.455 e. The summed E-state index contributed by atoms with van der Waals surface area (Å²) in [6, 6.07) is 15.6. The van der Waals surface area contributed by atoms with Crippen LogP contribution < -0.4 is 32.7 Å². The van der Waals surface area contributed by atoms with Gasteiger partial charge in [-0.25, -0.2) is 18.8 Å². The van der Waals surface area contributed by atoms with E-state index in [-0.39, 0.29) is 79.0 Å². The van der Waals surface area contributed by atoms with Gasteiger partial charge in [0.25, 0.3) is 0 Å². The fourth-order valence-corrected chi connectivity index (χ4v) is 13.9. The molecule has 3 fully saturated rings. The molecule has 1 saturated heterocycles. The smallest absolute Gasteiger partial charge is 0.408 e. The number of fused-ring (bicyclic) bond motifs is 5. The lowest BCUT2D eigenvalue weighted by atomic mass is 9.42. The van der Waals surface area contributed by atoms with Crippen molar-refractivity contribution in [3.8, 4) is 0 Å². The summed E-state index contributed by atoms with van der Waals surface area (Å²) in [5.41, 5.74) is 3.90. The highest BCUT2D eigenvalue weighted by molar-refractivity contribution is 6.32. The Morgan fingerprint density at radius 3 is 2.10 bits per heavy atom. The standard InChI is InChI=1S/C70H88ClFN6O19/c1-37-47(35-70(92)60(96-63(89)41-20-14-11-15-21-41)58-68(8)36-93-49(68)34-48(80)69(58,9)59(86)56(85)54(37)67(70,6)7)94-64(90)57(55(40-18-12-10-13-19-40)78-65(91)97-66(3,4)5)95-53(84)30-29-50(81)75-31-17-16-22-45(62(74)88)77-52(83)28-25-42(61(73)87)32-46(79)38(2)76-51(82)27-24-39-23-26-43(72)33-44(39)71/h10-15,18-21,23-24,26-27,33,38,42,45,47-49,55-58,60,80,85,92H,16-17,22,25,28-32,34-36H2,1-9H3,(H2,73,87)(H2,74,88)(H,75,81)(H,76,82)(H,77,83)(H,78,91)/b27-24+/t38?,42-,45?,47+,48+,49-,55+,56-,57-,58-,60+,68-,69-,70-/m1/s1. The van der Waals surface area contributed by atoms with Gasteiger partial charge in [0.05, 0.1) is 47.3 Å². The van der Waals surface area contributed by atoms with E-state index >= 15 is 9.59 Å². The van der Waals surface area contributed by atoms with Crippen LogP contribution in [0.4, 0.5) is 9.18 Å². The molecule has 0 radical (unpaired) electrons. The molecule has 0 spiro atoms. The Morgan fingerprint density at radius 2 is 1.49 bits per heavy atom. The van der Waals surface area contributed by atoms with Crippen LogP contribution in [0.1, 0.15) is 154 Å². The fourth-order valence-electron chi connectivity index (χ4n) is 13.6. The summed E-state index contributed by atoms with van der Waals surface area (Å²) in [4.78, 5) is 149. The van der Waals surface area contributed by atoms with E-state index < -0.39 is 191 Å². The molecule has 6 amide bonds. The second-order valence-electron chi connectivity index (χ2n) is 27.4. The number of benzene rings is 3. The highest BCUT2D eigenvalue weighted by atomic mass is 35.5. The van der Waals surface area contributed by atoms with Gasteiger partial charge in [-0.15, -0.1) is 0 Å². The molecule has 3 aliphatic carbocycles. The largest absolute Gasteiger partial charge is 0.455 e. The number of halogens is 2. The van der Waals surface area contributed by atoms with Crippen LogP contribution in [0.2, 0.25) is 5.02 Å². The molecule has 11 N–H and O–H groups in total. The molecule has 14 atom stereocenters. The van der Waals surface area contributed by atoms with Gasteiger partial charge in [-0.1, -0.05) is 87.0 Å². The number of ether oxygens (including phenoxy) is 5. The van der Waals surface area contributed by atoms with Crippen molar-refractivity contribution in [2.24, 2.45) is 39.5 Å². The van der Waals surface area contributed by atoms with E-state index in [1.165, 1.54) is 57.2 Å². The first-order valence-electron chi connectivity index (χ1n) is 32.2. The van der Waals surface area contributed by atoms with E-state index in [0.717, 1.165) is 18.2 Å². The van der Waals surface area contributed by atoms with E-state index in [4.69, 9.17) is 46.8 Å². The zero-order valence-corrected chi connectivity index (χ0v) is 56.5. The van der Waals surface area contributed by atoms with Crippen molar-refractivity contribution < 1.29 is 96.1 Å². The van der Waals surface area contributed by atoms with Crippen molar-refractivity contribution in [3.05, 3.63) is 124 Å². The lowest BCUT2D eigenvalue weighted by molar-refractivity contribution is -0.313. The van der Waals surface area contributed by atoms with Crippen LogP contribution in [0.15, 0.2) is 96.1 Å². The summed E-state index contributed by atoms with van der Waals surface area (Å²) < 4.78 is 43.7. The number of hydrogen-bond acceptors (Lipinski definition) is 19. The predicted octanol–water partition coefficient (Wildman–Crippen LogP) is 5.40. The second-order valence-corrected chi connectivity index (χ2v) is 27.8. The normalized spacial score (nSPS) is 25.6. The number of esters is 3. The summed E-state index contributed by atoms with van der Waals surface area (Å²) in [6.07, 6.45) is -10.2. The third-order valence-corrected chi connectivity index (χ3v) is 19.5. The van der Waals surface area contributed by atoms with E-state index in [1.807, 2.05) is 0 Å². The summed E-state index contributed by atoms with van der Waals surface area (Å²) in [6.45, 7) is 14.1. The van der Waals surface area contributed by atoms with Gasteiger partial charge in [0.15, 0.2) is 11.6 Å². The first-order valence-corrected chi connectivity index (χ1v) is 32.6. The minimum absolute atomic E-state index is 0.00809. The van der Waals surface area contributed by atoms with Crippen molar-refractivity contribution in [2.45, 2.75) is 192 Å². The Kier molecular flexibility index (Phi) is 24.6. The summed E-state index contributed by atoms with van der Waals surface area (Å²) in [5, 5.41) is 48.6. The highest BCUT2D eigenvalue weighted by Gasteiger charge is 2.75. The van der Waals surface area contributed by atoms with E-state index in [2.05, 4.69) is 21.3 Å². The van der Waals surface area contributed by atoms with Crippen LogP contribution in [0.5, 0.6) is 0 Å². The fraction of sp³-hybridized carbons (Fsp3) is 0.529. The van der Waals surface area contributed by atoms with Gasteiger partial charge in [-0.2, -0.15) is 0 Å². The molecule has 97 heavy (non-hydrogen) atoms. The lowest BCUT2D eigenvalue weighted by Gasteiger charge is -2.68. The average Bonchev–Trinajstić information content (AvgIpc) is 0.674. The molecular formula is C70H88ClFN6O19. The molecule has 7 rings (SSSR count). The van der Waals surface area contributed by atoms with Gasteiger partial charge in [0.1, 0.15) is 47.4 Å². The van der Waals surface area contributed by atoms with Crippen LogP contribution in [-0.4, -0.2) is 153 Å². The van der Waals surface area contributed by atoms with Crippen molar-refractivity contribution in [1.82, 2.24) is 21.3 Å². The molecule has 3 aromatic rings. The van der Waals surface area contributed by atoms with E-state index in [1.54, 1.807) is 77.9 Å². The van der Waals surface area contributed by atoms with Gasteiger partial charge in [0, 0.05) is 67.4 Å². The number of nitrogens with two attached hydrogens (primary N) is 2. The predicted molar refractivity (Wildman–Crippen MR) is 348 cm³/mol. The van der Waals surface area contributed by atoms with Gasteiger partial charge < -0.3 is 71.7 Å². The Bertz CT molecular complexity index is 3550. The van der Waals surface area contributed by atoms with Crippen LogP contribution >= 0.6 is 11.6 Å². The third-order valence-electron chi connectivity index (χ3n) is 19.2. The number of unbranched alkanes of at least 4 members (excludes halogenated alkanes) is 1. The Morgan fingerprint density at radius 1 is 0.835 bits per heavy atom. The second kappa shape index (κ2) is 31.4. The molecule has 2 unspecified atom stereocenters. The van der Waals surface area contributed by atoms with Gasteiger partial charge >= 0.3 is 24.0 Å². The molecule has 3 aromatic carbocycles. The molecule has 1 aliphatic heterocycles. The first-order chi connectivity index (χ1) is 45.4. The number of amides is 6. The lowest BCUT2D eigenvalue weighted by Crippen LogP contribution is -2.77. The number of aliphatic hydroxyl groups excluding tert-OH is 2. The van der Waals surface area contributed by atoms with Crippen molar-refractivity contribution in [1.29, 1.82) is 0 Å². The Hall–Kier alpha value is -8.43. The first kappa shape index (κ1) is 75.9. The van der Waals surface area contributed by atoms with Crippen molar-refractivity contribution in [3.63, 3.8) is 0 Å². The molecule has 526 valence electrons. The van der Waals surface area contributed by atoms with Gasteiger partial charge in [-0.05, 0) is 120 Å². The zero-order chi connectivity index (χ0) is 71.7. The SMILES string of the molecule is CC1=C2[C@@H](O)C(=O)[C@@]3(C)[C@H]([C@H](OC(=O)c4ccccc4)[C@](O)(C[C@@H]1OC(=O)[C@H](OC(=O)CCC(=O)NCCCCC(NC(=O)CC[C@H](CC(=O)C(C)NC(=O)/C=C/c1ccc(F)cc1Cl)C(N)=O)C(N)=O)[C@@H](NC(=O)OC(C)(C)C)c1ccccc1)C2(C)C)[C@]1(C)CO[C@@H]1C[C@@H]3O. The average molecular weight is 1370 g/mol. The number of nitrogens with one attached hydrogen (secondary N) is 4. The number of aliphatic hydroxyl groups is 3. The quantitative estimate of drug-likeness (QED) is 0.0144. The molecule has 1 heterocycles. The number of hydrogen-bond donors (Lipinski definition) is 9. The molecule has 4 aliphatic rings. The maximum atomic E-state index is 15.3. The minimum atomic E-state index is -2.33. The Labute approximate surface area is 566 Å². The number of carbonyl (C=O) groups is 11. The third kappa shape index (κ3) is 17.7. The van der Waals surface area contributed by atoms with Gasteiger partial charge in [-0.3, -0.25) is 38.4 Å². The summed E-state index contributed by atoms with van der Waals surface area (Å²) >= 11 is 6.00. The zero-order valence-electron chi connectivity index (χ0n) is 55.8. The summed E-state index contributed by atoms with van der Waals surface area (Å²) in [5.74, 6) is -11.4. The number of Topliss-reactive ketones (excluding diaryl/α,β-unsaturated/α-hetero) is 2. The highest BCUT2D eigenvalue weighted by Crippen LogP contribution is 2.66. The molecule has 27 heteroatoms. The van der Waals surface area contributed by atoms with Gasteiger partial charge in [0.2, 0.25) is 35.6 Å². The molecule has 2 saturated carbocycles. The van der Waals surface area contributed by atoms with E-state index in [0.29, 0.717) is 5.56 Å². The number of ketones is 2. The molecular weight excluding hydrogens is 1280 g/mol. The Balaban J connectivity index is 1.01. The monoisotopic (exact) mass is 1370 g/mol. The maximum absolute atomic E-state index is 15.3. The van der Waals surface area contributed by atoms with Crippen LogP contribution in [-0.2, 0) is 66.8 Å². The molecule has 2 bridgehead atoms. The molecule has 25 nitrogen and oxygen atoms in total. The number of carbonyl (C=O) groups excluding carboxylic acids is 11. The molecule has 0 aromatic heterocycles. The van der Waals surface area contributed by atoms with Crippen LogP contribution in [0.3, 0.4) is 0 Å². The van der Waals surface area contributed by atoms with Crippen LogP contribution in [0, 0.1) is 33.9 Å². The van der Waals surface area contributed by atoms with E-state index in [9.17, 15) is 62.9 Å². The topological polar surface area (TPSA) is 395 Å². The number of alkyl carbamates (subject to hydrolysis) is 1. The van der Waals surface area contributed by atoms with Crippen LogP contribution in [0.25, 0.3) is 6.08 Å². The maximum Gasteiger partial charge on any atom is 0.408 e. The van der Waals surface area contributed by atoms with Crippen molar-refractivity contribution in [2.75, 3.05) is 13.2 Å². The summed E-state index contributed by atoms with van der Waals surface area (Å²) in [7, 11) is 0.